The van der Waals surface area contributed by atoms with Gasteiger partial charge < -0.3 is 0 Å². The number of aryl methyl sites for hydroxylation is 2. The van der Waals surface area contributed by atoms with Crippen LogP contribution in [0.4, 0.5) is 0 Å². The van der Waals surface area contributed by atoms with Crippen molar-refractivity contribution in [2.45, 2.75) is 30.4 Å². The monoisotopic (exact) mass is 377 g/mol. The summed E-state index contributed by atoms with van der Waals surface area (Å²) in [5, 5.41) is -0.144. The number of benzene rings is 1. The molecule has 6 nitrogen and oxygen atoms in total. The minimum absolute atomic E-state index is 0.0504. The van der Waals surface area contributed by atoms with E-state index in [2.05, 4.69) is 0 Å². The van der Waals surface area contributed by atoms with Crippen LogP contribution in [0.3, 0.4) is 0 Å². The molecule has 0 bridgehead atoms. The summed E-state index contributed by atoms with van der Waals surface area (Å²) in [5.41, 5.74) is 1.51. The van der Waals surface area contributed by atoms with Gasteiger partial charge in [-0.25, -0.2) is 21.6 Å². The van der Waals surface area contributed by atoms with Gasteiger partial charge in [0.15, 0.2) is 9.84 Å². The van der Waals surface area contributed by atoms with Gasteiger partial charge in [0.1, 0.15) is 0 Å². The van der Waals surface area contributed by atoms with Crippen molar-refractivity contribution in [1.29, 1.82) is 0 Å². The van der Waals surface area contributed by atoms with Crippen LogP contribution in [0.5, 0.6) is 0 Å². The number of nitrogens with one attached hydrogen (secondary N) is 1. The average Bonchev–Trinajstić information content (AvgIpc) is 2.75. The third-order valence-corrected chi connectivity index (χ3v) is 8.32. The fourth-order valence-electron chi connectivity index (χ4n) is 2.42. The lowest BCUT2D eigenvalue weighted by Gasteiger charge is -2.11. The molecule has 1 aromatic carbocycles. The Kier molecular flexibility index (Phi) is 5.42. The van der Waals surface area contributed by atoms with Crippen molar-refractivity contribution in [2.75, 3.05) is 17.3 Å². The zero-order valence-corrected chi connectivity index (χ0v) is 15.4. The Hall–Kier alpha value is -1.06. The molecule has 0 saturated carbocycles. The standard InChI is InChI=1S/C14H19NO5S3/c1-10-3-4-13(11(2)7-10)23(19,20)15-14(16)8-21-12-5-6-22(17,18)9-12/h3-4,7,12H,5-6,8-9H2,1-2H3,(H,15,16). The molecule has 1 heterocycles. The van der Waals surface area contributed by atoms with Gasteiger partial charge in [0.2, 0.25) is 5.91 Å². The quantitative estimate of drug-likeness (QED) is 0.823. The Morgan fingerprint density at radius 2 is 2.04 bits per heavy atom. The lowest BCUT2D eigenvalue weighted by atomic mass is 10.2. The van der Waals surface area contributed by atoms with Gasteiger partial charge in [-0.15, -0.1) is 11.8 Å². The first-order valence-corrected chi connectivity index (χ1v) is 11.4. The molecule has 1 aliphatic heterocycles. The van der Waals surface area contributed by atoms with E-state index in [-0.39, 0.29) is 27.4 Å². The molecule has 1 N–H and O–H groups in total. The number of sulfonamides is 1. The molecule has 9 heteroatoms. The Balaban J connectivity index is 1.96. The molecule has 0 aliphatic carbocycles. The highest BCUT2D eigenvalue weighted by molar-refractivity contribution is 8.02. The molecule has 1 aliphatic rings. The van der Waals surface area contributed by atoms with Crippen LogP contribution in [0.25, 0.3) is 0 Å². The molecular weight excluding hydrogens is 358 g/mol. The summed E-state index contributed by atoms with van der Waals surface area (Å²) in [5.74, 6) is -0.536. The molecule has 1 fully saturated rings. The van der Waals surface area contributed by atoms with Crippen molar-refractivity contribution < 1.29 is 21.6 Å². The summed E-state index contributed by atoms with van der Waals surface area (Å²) < 4.78 is 49.2. The molecule has 0 aromatic heterocycles. The lowest BCUT2D eigenvalue weighted by molar-refractivity contribution is -0.116. The summed E-state index contributed by atoms with van der Waals surface area (Å²) >= 11 is 1.18. The highest BCUT2D eigenvalue weighted by Crippen LogP contribution is 2.24. The predicted octanol–water partition coefficient (Wildman–Crippen LogP) is 1.03. The summed E-state index contributed by atoms with van der Waals surface area (Å²) in [7, 11) is -6.91. The molecule has 1 unspecified atom stereocenters. The second-order valence-electron chi connectivity index (χ2n) is 5.63. The summed E-state index contributed by atoms with van der Waals surface area (Å²) in [6, 6.07) is 4.87. The third kappa shape index (κ3) is 4.95. The second-order valence-corrected chi connectivity index (χ2v) is 10.8. The summed E-state index contributed by atoms with van der Waals surface area (Å²) in [6.07, 6.45) is 0.504. The van der Waals surface area contributed by atoms with Crippen LogP contribution in [-0.2, 0) is 24.7 Å². The number of carbonyl (C=O) groups is 1. The maximum atomic E-state index is 12.2. The Morgan fingerprint density at radius 1 is 1.35 bits per heavy atom. The van der Waals surface area contributed by atoms with Crippen LogP contribution in [0.1, 0.15) is 17.5 Å². The van der Waals surface area contributed by atoms with E-state index in [1.807, 2.05) is 11.6 Å². The van der Waals surface area contributed by atoms with E-state index in [4.69, 9.17) is 0 Å². The number of sulfone groups is 1. The minimum Gasteiger partial charge on any atom is -0.273 e. The van der Waals surface area contributed by atoms with Crippen molar-refractivity contribution in [3.63, 3.8) is 0 Å². The van der Waals surface area contributed by atoms with Crippen molar-refractivity contribution in [3.05, 3.63) is 29.3 Å². The highest BCUT2D eigenvalue weighted by Gasteiger charge is 2.29. The van der Waals surface area contributed by atoms with Crippen LogP contribution < -0.4 is 4.72 Å². The van der Waals surface area contributed by atoms with Gasteiger partial charge in [-0.1, -0.05) is 17.7 Å². The number of hydrogen-bond donors (Lipinski definition) is 1. The van der Waals surface area contributed by atoms with Crippen molar-refractivity contribution in [1.82, 2.24) is 4.72 Å². The van der Waals surface area contributed by atoms with Crippen molar-refractivity contribution in [2.24, 2.45) is 0 Å². The van der Waals surface area contributed by atoms with Crippen LogP contribution in [0.2, 0.25) is 0 Å². The number of carbonyl (C=O) groups excluding carboxylic acids is 1. The average molecular weight is 378 g/mol. The molecule has 1 aromatic rings. The Morgan fingerprint density at radius 3 is 2.61 bits per heavy atom. The number of thioether (sulfide) groups is 1. The van der Waals surface area contributed by atoms with Gasteiger partial charge in [-0.2, -0.15) is 0 Å². The zero-order chi connectivity index (χ0) is 17.3. The van der Waals surface area contributed by atoms with E-state index in [1.165, 1.54) is 17.8 Å². The molecule has 2 rings (SSSR count). The number of amides is 1. The number of rotatable bonds is 5. The highest BCUT2D eigenvalue weighted by atomic mass is 32.2. The summed E-state index contributed by atoms with van der Waals surface area (Å²) in [4.78, 5) is 11.9. The van der Waals surface area contributed by atoms with Crippen LogP contribution >= 0.6 is 11.8 Å². The third-order valence-electron chi connectivity index (χ3n) is 3.51. The van der Waals surface area contributed by atoms with Gasteiger partial charge in [-0.05, 0) is 31.9 Å². The normalized spacial score (nSPS) is 20.3. The lowest BCUT2D eigenvalue weighted by Crippen LogP contribution is -2.33. The Labute approximate surface area is 141 Å². The summed E-state index contributed by atoms with van der Waals surface area (Å²) in [6.45, 7) is 3.53. The fraction of sp³-hybridized carbons (Fsp3) is 0.500. The van der Waals surface area contributed by atoms with Gasteiger partial charge in [0, 0.05) is 5.25 Å². The van der Waals surface area contributed by atoms with E-state index in [1.54, 1.807) is 19.1 Å². The molecule has 0 spiro atoms. The fourth-order valence-corrected chi connectivity index (χ4v) is 7.17. The first-order valence-electron chi connectivity index (χ1n) is 7.04. The number of hydrogen-bond acceptors (Lipinski definition) is 6. The Bertz CT molecular complexity index is 815. The predicted molar refractivity (Wildman–Crippen MR) is 90.8 cm³/mol. The molecule has 0 radical (unpaired) electrons. The van der Waals surface area contributed by atoms with E-state index >= 15 is 0 Å². The topological polar surface area (TPSA) is 97.4 Å². The maximum absolute atomic E-state index is 12.2. The van der Waals surface area contributed by atoms with Gasteiger partial charge in [0.05, 0.1) is 22.2 Å². The molecule has 1 saturated heterocycles. The van der Waals surface area contributed by atoms with Gasteiger partial charge >= 0.3 is 0 Å². The maximum Gasteiger partial charge on any atom is 0.264 e. The molecule has 1 atom stereocenters. The van der Waals surface area contributed by atoms with E-state index in [9.17, 15) is 21.6 Å². The van der Waals surface area contributed by atoms with E-state index < -0.39 is 25.8 Å². The minimum atomic E-state index is -3.91. The largest absolute Gasteiger partial charge is 0.273 e. The van der Waals surface area contributed by atoms with Crippen molar-refractivity contribution >= 4 is 37.5 Å². The van der Waals surface area contributed by atoms with Crippen LogP contribution in [0, 0.1) is 13.8 Å². The van der Waals surface area contributed by atoms with Crippen molar-refractivity contribution in [3.8, 4) is 0 Å². The molecule has 128 valence electrons. The first-order chi connectivity index (χ1) is 10.6. The van der Waals surface area contributed by atoms with Gasteiger partial charge in [-0.3, -0.25) is 4.79 Å². The molecular formula is C14H19NO5S3. The molecule has 23 heavy (non-hydrogen) atoms. The van der Waals surface area contributed by atoms with Crippen LogP contribution in [0.15, 0.2) is 23.1 Å². The smallest absolute Gasteiger partial charge is 0.264 e. The van der Waals surface area contributed by atoms with Gasteiger partial charge in [0.25, 0.3) is 10.0 Å². The van der Waals surface area contributed by atoms with Crippen LogP contribution in [-0.4, -0.2) is 45.3 Å². The zero-order valence-electron chi connectivity index (χ0n) is 12.9. The second kappa shape index (κ2) is 6.82. The first kappa shape index (κ1) is 18.3. The van der Waals surface area contributed by atoms with E-state index in [0.717, 1.165) is 5.56 Å². The SMILES string of the molecule is Cc1ccc(S(=O)(=O)NC(=O)CSC2CCS(=O)(=O)C2)c(C)c1. The molecule has 1 amide bonds. The van der Waals surface area contributed by atoms with E-state index in [0.29, 0.717) is 12.0 Å².